The van der Waals surface area contributed by atoms with Crippen molar-refractivity contribution in [3.8, 4) is 0 Å². The smallest absolute Gasteiger partial charge is 0.129 e. The van der Waals surface area contributed by atoms with E-state index in [2.05, 4.69) is 37.1 Å². The van der Waals surface area contributed by atoms with E-state index >= 15 is 0 Å². The Morgan fingerprint density at radius 1 is 1.33 bits per heavy atom. The van der Waals surface area contributed by atoms with Crippen LogP contribution in [0.15, 0.2) is 18.2 Å². The number of hydrogen-bond acceptors (Lipinski definition) is 2. The maximum atomic E-state index is 14.3. The third kappa shape index (κ3) is 4.99. The predicted octanol–water partition coefficient (Wildman–Crippen LogP) is 4.20. The molecule has 1 fully saturated rings. The SMILES string of the molecule is CCCN(CC1CC1)c1cccc(F)c1CNCC(C)C. The molecular formula is C18H29FN2. The first kappa shape index (κ1) is 16.3. The van der Waals surface area contributed by atoms with Gasteiger partial charge in [-0.2, -0.15) is 0 Å². The maximum Gasteiger partial charge on any atom is 0.129 e. The van der Waals surface area contributed by atoms with E-state index in [0.717, 1.165) is 43.2 Å². The first-order chi connectivity index (χ1) is 10.1. The van der Waals surface area contributed by atoms with Crippen molar-refractivity contribution in [3.05, 3.63) is 29.6 Å². The number of hydrogen-bond donors (Lipinski definition) is 1. The summed E-state index contributed by atoms with van der Waals surface area (Å²) in [5.41, 5.74) is 1.91. The van der Waals surface area contributed by atoms with Gasteiger partial charge in [0.1, 0.15) is 5.82 Å². The Balaban J connectivity index is 2.12. The minimum absolute atomic E-state index is 0.0827. The lowest BCUT2D eigenvalue weighted by atomic mass is 10.1. The standard InChI is InChI=1S/C18H29FN2/c1-4-10-21(13-15-8-9-15)18-7-5-6-17(19)16(18)12-20-11-14(2)3/h5-7,14-15,20H,4,8-13H2,1-3H3. The molecule has 1 saturated carbocycles. The van der Waals surface area contributed by atoms with Gasteiger partial charge < -0.3 is 10.2 Å². The Hall–Kier alpha value is -1.09. The number of nitrogens with one attached hydrogen (secondary N) is 1. The fourth-order valence-electron chi connectivity index (χ4n) is 2.70. The molecule has 1 aromatic rings. The highest BCUT2D eigenvalue weighted by atomic mass is 19.1. The van der Waals surface area contributed by atoms with Gasteiger partial charge in [-0.1, -0.05) is 26.8 Å². The van der Waals surface area contributed by atoms with Crippen LogP contribution >= 0.6 is 0 Å². The van der Waals surface area contributed by atoms with Crippen LogP contribution in [0.2, 0.25) is 0 Å². The Morgan fingerprint density at radius 2 is 2.10 bits per heavy atom. The monoisotopic (exact) mass is 292 g/mol. The van der Waals surface area contributed by atoms with Crippen LogP contribution in [-0.2, 0) is 6.54 Å². The Bertz CT molecular complexity index is 441. The van der Waals surface area contributed by atoms with Crippen LogP contribution in [0.25, 0.3) is 0 Å². The van der Waals surface area contributed by atoms with E-state index < -0.39 is 0 Å². The molecule has 1 aliphatic carbocycles. The highest BCUT2D eigenvalue weighted by Crippen LogP contribution is 2.33. The quantitative estimate of drug-likeness (QED) is 0.734. The Labute approximate surface area is 128 Å². The van der Waals surface area contributed by atoms with E-state index in [9.17, 15) is 4.39 Å². The molecule has 0 radical (unpaired) electrons. The van der Waals surface area contributed by atoms with Crippen molar-refractivity contribution in [2.45, 2.75) is 46.6 Å². The molecule has 1 aliphatic rings. The number of anilines is 1. The van der Waals surface area contributed by atoms with Gasteiger partial charge in [0.15, 0.2) is 0 Å². The van der Waals surface area contributed by atoms with E-state index in [1.807, 2.05) is 6.07 Å². The molecule has 0 heterocycles. The van der Waals surface area contributed by atoms with Crippen molar-refractivity contribution in [3.63, 3.8) is 0 Å². The van der Waals surface area contributed by atoms with Crippen molar-refractivity contribution in [1.29, 1.82) is 0 Å². The van der Waals surface area contributed by atoms with Gasteiger partial charge in [-0.05, 0) is 49.8 Å². The summed E-state index contributed by atoms with van der Waals surface area (Å²) in [6, 6.07) is 5.50. The second kappa shape index (κ2) is 7.79. The fraction of sp³-hybridized carbons (Fsp3) is 0.667. The first-order valence-corrected chi connectivity index (χ1v) is 8.34. The molecule has 0 amide bonds. The molecular weight excluding hydrogens is 263 g/mol. The van der Waals surface area contributed by atoms with Gasteiger partial charge in [0.2, 0.25) is 0 Å². The van der Waals surface area contributed by atoms with Gasteiger partial charge in [0.25, 0.3) is 0 Å². The number of nitrogens with zero attached hydrogens (tertiary/aromatic N) is 1. The van der Waals surface area contributed by atoms with Crippen molar-refractivity contribution >= 4 is 5.69 Å². The summed E-state index contributed by atoms with van der Waals surface area (Å²) in [7, 11) is 0. The molecule has 0 unspecified atom stereocenters. The Morgan fingerprint density at radius 3 is 2.71 bits per heavy atom. The summed E-state index contributed by atoms with van der Waals surface area (Å²) in [6.07, 6.45) is 3.76. The highest BCUT2D eigenvalue weighted by molar-refractivity contribution is 5.54. The van der Waals surface area contributed by atoms with Gasteiger partial charge in [0, 0.05) is 30.9 Å². The largest absolute Gasteiger partial charge is 0.371 e. The van der Waals surface area contributed by atoms with E-state index in [1.54, 1.807) is 6.07 Å². The number of halogens is 1. The van der Waals surface area contributed by atoms with Crippen LogP contribution < -0.4 is 10.2 Å². The molecule has 0 bridgehead atoms. The van der Waals surface area contributed by atoms with E-state index in [4.69, 9.17) is 0 Å². The van der Waals surface area contributed by atoms with Crippen molar-refractivity contribution in [2.75, 3.05) is 24.5 Å². The first-order valence-electron chi connectivity index (χ1n) is 8.34. The summed E-state index contributed by atoms with van der Waals surface area (Å²) < 4.78 is 14.3. The van der Waals surface area contributed by atoms with E-state index in [1.165, 1.54) is 12.8 Å². The predicted molar refractivity (Wildman–Crippen MR) is 88.2 cm³/mol. The van der Waals surface area contributed by atoms with E-state index in [0.29, 0.717) is 12.5 Å². The normalized spacial score (nSPS) is 14.7. The van der Waals surface area contributed by atoms with Crippen LogP contribution in [0, 0.1) is 17.7 Å². The minimum atomic E-state index is -0.0827. The molecule has 1 N–H and O–H groups in total. The van der Waals surface area contributed by atoms with Crippen molar-refractivity contribution in [2.24, 2.45) is 11.8 Å². The third-order valence-electron chi connectivity index (χ3n) is 3.96. The zero-order valence-electron chi connectivity index (χ0n) is 13.7. The average Bonchev–Trinajstić information content (AvgIpc) is 3.24. The van der Waals surface area contributed by atoms with Crippen LogP contribution in [-0.4, -0.2) is 19.6 Å². The molecule has 2 nitrogen and oxygen atoms in total. The lowest BCUT2D eigenvalue weighted by molar-refractivity contribution is 0.533. The van der Waals surface area contributed by atoms with Crippen LogP contribution in [0.3, 0.4) is 0 Å². The molecule has 3 heteroatoms. The summed E-state index contributed by atoms with van der Waals surface area (Å²) in [4.78, 5) is 2.38. The van der Waals surface area contributed by atoms with Gasteiger partial charge >= 0.3 is 0 Å². The average molecular weight is 292 g/mol. The topological polar surface area (TPSA) is 15.3 Å². The number of rotatable bonds is 9. The molecule has 0 saturated heterocycles. The van der Waals surface area contributed by atoms with Gasteiger partial charge in [0.05, 0.1) is 0 Å². The molecule has 1 aromatic carbocycles. The van der Waals surface area contributed by atoms with Crippen LogP contribution in [0.4, 0.5) is 10.1 Å². The van der Waals surface area contributed by atoms with Gasteiger partial charge in [-0.15, -0.1) is 0 Å². The summed E-state index contributed by atoms with van der Waals surface area (Å²) >= 11 is 0. The third-order valence-corrected chi connectivity index (χ3v) is 3.96. The van der Waals surface area contributed by atoms with Gasteiger partial charge in [-0.3, -0.25) is 0 Å². The molecule has 0 aliphatic heterocycles. The van der Waals surface area contributed by atoms with E-state index in [-0.39, 0.29) is 5.82 Å². The molecule has 0 spiro atoms. The second-order valence-corrected chi connectivity index (χ2v) is 6.65. The van der Waals surface area contributed by atoms with Crippen molar-refractivity contribution in [1.82, 2.24) is 5.32 Å². The van der Waals surface area contributed by atoms with Gasteiger partial charge in [-0.25, -0.2) is 4.39 Å². The zero-order chi connectivity index (χ0) is 15.2. The maximum absolute atomic E-state index is 14.3. The number of benzene rings is 1. The van der Waals surface area contributed by atoms with Crippen molar-refractivity contribution < 1.29 is 4.39 Å². The molecule has 21 heavy (non-hydrogen) atoms. The lowest BCUT2D eigenvalue weighted by Gasteiger charge is -2.27. The Kier molecular flexibility index (Phi) is 6.04. The minimum Gasteiger partial charge on any atom is -0.371 e. The fourth-order valence-corrected chi connectivity index (χ4v) is 2.70. The second-order valence-electron chi connectivity index (χ2n) is 6.65. The molecule has 0 aromatic heterocycles. The summed E-state index contributed by atoms with van der Waals surface area (Å²) in [5.74, 6) is 1.32. The lowest BCUT2D eigenvalue weighted by Crippen LogP contribution is -2.29. The highest BCUT2D eigenvalue weighted by Gasteiger charge is 2.25. The zero-order valence-corrected chi connectivity index (χ0v) is 13.7. The van der Waals surface area contributed by atoms with Crippen LogP contribution in [0.1, 0.15) is 45.6 Å². The summed E-state index contributed by atoms with van der Waals surface area (Å²) in [6.45, 7) is 10.2. The molecule has 118 valence electrons. The van der Waals surface area contributed by atoms with Crippen LogP contribution in [0.5, 0.6) is 0 Å². The summed E-state index contributed by atoms with van der Waals surface area (Å²) in [5, 5.41) is 3.38. The molecule has 0 atom stereocenters. The molecule has 2 rings (SSSR count).